The molecule has 24 heavy (non-hydrogen) atoms. The maximum absolute atomic E-state index is 13.3. The van der Waals surface area contributed by atoms with Crippen molar-refractivity contribution in [2.24, 2.45) is 7.05 Å². The predicted molar refractivity (Wildman–Crippen MR) is 89.4 cm³/mol. The molecule has 0 aliphatic heterocycles. The van der Waals surface area contributed by atoms with E-state index in [0.717, 1.165) is 16.7 Å². The van der Waals surface area contributed by atoms with Gasteiger partial charge in [-0.3, -0.25) is 9.48 Å². The van der Waals surface area contributed by atoms with Gasteiger partial charge in [-0.25, -0.2) is 4.39 Å². The van der Waals surface area contributed by atoms with Crippen molar-refractivity contribution in [2.45, 2.75) is 13.5 Å². The van der Waals surface area contributed by atoms with Crippen LogP contribution in [0.2, 0.25) is 0 Å². The van der Waals surface area contributed by atoms with E-state index in [1.165, 1.54) is 19.1 Å². The van der Waals surface area contributed by atoms with E-state index in [-0.39, 0.29) is 18.2 Å². The maximum atomic E-state index is 13.3. The van der Waals surface area contributed by atoms with Crippen molar-refractivity contribution >= 4 is 5.78 Å². The molecular weight excluding hydrogens is 307 g/mol. The average molecular weight is 324 g/mol. The summed E-state index contributed by atoms with van der Waals surface area (Å²) in [5.74, 6) is 0.262. The number of hydrogen-bond acceptors (Lipinski definition) is 3. The number of hydrogen-bond donors (Lipinski definition) is 0. The lowest BCUT2D eigenvalue weighted by atomic mass is 10.0. The smallest absolute Gasteiger partial charge is 0.178 e. The normalized spacial score (nSPS) is 10.6. The van der Waals surface area contributed by atoms with Gasteiger partial charge in [-0.2, -0.15) is 5.10 Å². The Balaban J connectivity index is 1.93. The van der Waals surface area contributed by atoms with Crippen LogP contribution >= 0.6 is 0 Å². The number of para-hydroxylation sites is 1. The molecule has 0 saturated heterocycles. The molecule has 0 unspecified atom stereocenters. The molecule has 0 bridgehead atoms. The quantitative estimate of drug-likeness (QED) is 0.666. The van der Waals surface area contributed by atoms with Gasteiger partial charge in [-0.05, 0) is 23.8 Å². The summed E-state index contributed by atoms with van der Waals surface area (Å²) >= 11 is 0. The summed E-state index contributed by atoms with van der Waals surface area (Å²) in [4.78, 5) is 11.9. The number of rotatable bonds is 5. The fourth-order valence-corrected chi connectivity index (χ4v) is 2.65. The largest absolute Gasteiger partial charge is 0.488 e. The molecule has 122 valence electrons. The van der Waals surface area contributed by atoms with Crippen LogP contribution in [-0.2, 0) is 13.7 Å². The zero-order valence-electron chi connectivity index (χ0n) is 13.5. The second-order valence-corrected chi connectivity index (χ2v) is 5.50. The molecule has 2 aromatic carbocycles. The van der Waals surface area contributed by atoms with Crippen LogP contribution in [0.15, 0.2) is 54.7 Å². The van der Waals surface area contributed by atoms with Gasteiger partial charge >= 0.3 is 0 Å². The standard InChI is InChI=1S/C19H17FN2O2/c1-13(23)19-17(11-21-22(19)2)16-8-3-4-9-18(16)24-12-14-6-5-7-15(20)10-14/h3-11H,12H2,1-2H3. The molecule has 0 aliphatic rings. The predicted octanol–water partition coefficient (Wildman–Crippen LogP) is 4.01. The Hall–Kier alpha value is -2.95. The van der Waals surface area contributed by atoms with Gasteiger partial charge in [0.1, 0.15) is 23.9 Å². The number of Topliss-reactive ketones (excluding diaryl/α,β-unsaturated/α-hetero) is 1. The van der Waals surface area contributed by atoms with Crippen molar-refractivity contribution in [1.82, 2.24) is 9.78 Å². The van der Waals surface area contributed by atoms with Gasteiger partial charge in [0.2, 0.25) is 0 Å². The molecule has 0 amide bonds. The molecule has 0 aliphatic carbocycles. The average Bonchev–Trinajstić information content (AvgIpc) is 2.95. The lowest BCUT2D eigenvalue weighted by Gasteiger charge is -2.12. The van der Waals surface area contributed by atoms with Crippen LogP contribution < -0.4 is 4.74 Å². The van der Waals surface area contributed by atoms with Crippen LogP contribution in [-0.4, -0.2) is 15.6 Å². The summed E-state index contributed by atoms with van der Waals surface area (Å²) in [7, 11) is 1.73. The van der Waals surface area contributed by atoms with Crippen LogP contribution in [0.1, 0.15) is 23.0 Å². The van der Waals surface area contributed by atoms with Crippen molar-refractivity contribution in [3.63, 3.8) is 0 Å². The van der Waals surface area contributed by atoms with Gasteiger partial charge < -0.3 is 4.74 Å². The van der Waals surface area contributed by atoms with Crippen molar-refractivity contribution in [3.8, 4) is 16.9 Å². The van der Waals surface area contributed by atoms with Crippen LogP contribution in [0.5, 0.6) is 5.75 Å². The molecule has 1 aromatic heterocycles. The Morgan fingerprint density at radius 1 is 1.17 bits per heavy atom. The number of ketones is 1. The van der Waals surface area contributed by atoms with Gasteiger partial charge in [-0.15, -0.1) is 0 Å². The number of carbonyl (C=O) groups is 1. The lowest BCUT2D eigenvalue weighted by molar-refractivity contribution is 0.100. The monoisotopic (exact) mass is 324 g/mol. The molecule has 3 rings (SSSR count). The zero-order valence-corrected chi connectivity index (χ0v) is 13.5. The van der Waals surface area contributed by atoms with Gasteiger partial charge in [0.05, 0.1) is 6.20 Å². The van der Waals surface area contributed by atoms with Crippen molar-refractivity contribution in [1.29, 1.82) is 0 Å². The molecule has 5 heteroatoms. The molecule has 0 atom stereocenters. The molecule has 1 heterocycles. The van der Waals surface area contributed by atoms with E-state index in [1.54, 1.807) is 30.1 Å². The van der Waals surface area contributed by atoms with Crippen LogP contribution in [0.25, 0.3) is 11.1 Å². The minimum Gasteiger partial charge on any atom is -0.488 e. The van der Waals surface area contributed by atoms with E-state index >= 15 is 0 Å². The van der Waals surface area contributed by atoms with Gasteiger partial charge in [-0.1, -0.05) is 30.3 Å². The maximum Gasteiger partial charge on any atom is 0.178 e. The van der Waals surface area contributed by atoms with Crippen molar-refractivity contribution < 1.29 is 13.9 Å². The first-order valence-corrected chi connectivity index (χ1v) is 7.56. The topological polar surface area (TPSA) is 44.1 Å². The number of halogens is 1. The second kappa shape index (κ2) is 6.66. The SMILES string of the molecule is CC(=O)c1c(-c2ccccc2OCc2cccc(F)c2)cnn1C. The summed E-state index contributed by atoms with van der Waals surface area (Å²) in [6.45, 7) is 1.75. The highest BCUT2D eigenvalue weighted by Crippen LogP contribution is 2.32. The van der Waals surface area contributed by atoms with Gasteiger partial charge in [0.25, 0.3) is 0 Å². The summed E-state index contributed by atoms with van der Waals surface area (Å²) < 4.78 is 20.7. The lowest BCUT2D eigenvalue weighted by Crippen LogP contribution is -2.05. The van der Waals surface area contributed by atoms with Gasteiger partial charge in [0, 0.05) is 25.1 Å². The highest BCUT2D eigenvalue weighted by Gasteiger charge is 2.17. The molecule has 0 spiro atoms. The highest BCUT2D eigenvalue weighted by molar-refractivity contribution is 5.99. The van der Waals surface area contributed by atoms with E-state index in [2.05, 4.69) is 5.10 Å². The Morgan fingerprint density at radius 3 is 2.71 bits per heavy atom. The zero-order chi connectivity index (χ0) is 17.1. The summed E-state index contributed by atoms with van der Waals surface area (Å²) in [5, 5.41) is 4.18. The third-order valence-electron chi connectivity index (χ3n) is 3.73. The fraction of sp³-hybridized carbons (Fsp3) is 0.158. The highest BCUT2D eigenvalue weighted by atomic mass is 19.1. The summed E-state index contributed by atoms with van der Waals surface area (Å²) in [6, 6.07) is 13.7. The third-order valence-corrected chi connectivity index (χ3v) is 3.73. The minimum atomic E-state index is -0.296. The number of benzene rings is 2. The number of nitrogens with zero attached hydrogens (tertiary/aromatic N) is 2. The number of carbonyl (C=O) groups excluding carboxylic acids is 1. The van der Waals surface area contributed by atoms with E-state index < -0.39 is 0 Å². The first kappa shape index (κ1) is 15.9. The first-order valence-electron chi connectivity index (χ1n) is 7.56. The molecular formula is C19H17FN2O2. The molecule has 0 fully saturated rings. The minimum absolute atomic E-state index is 0.0649. The Kier molecular flexibility index (Phi) is 4.42. The molecule has 0 saturated carbocycles. The Bertz CT molecular complexity index is 887. The fourth-order valence-electron chi connectivity index (χ4n) is 2.65. The summed E-state index contributed by atoms with van der Waals surface area (Å²) in [6.07, 6.45) is 1.65. The Labute approximate surface area is 139 Å². The number of aromatic nitrogens is 2. The van der Waals surface area contributed by atoms with E-state index in [4.69, 9.17) is 4.74 Å². The molecule has 0 N–H and O–H groups in total. The van der Waals surface area contributed by atoms with Crippen LogP contribution in [0, 0.1) is 5.82 Å². The molecule has 0 radical (unpaired) electrons. The van der Waals surface area contributed by atoms with Crippen LogP contribution in [0.4, 0.5) is 4.39 Å². The number of ether oxygens (including phenoxy) is 1. The molecule has 4 nitrogen and oxygen atoms in total. The first-order chi connectivity index (χ1) is 11.6. The summed E-state index contributed by atoms with van der Waals surface area (Å²) in [5.41, 5.74) is 2.77. The van der Waals surface area contributed by atoms with E-state index in [0.29, 0.717) is 11.4 Å². The number of aryl methyl sites for hydroxylation is 1. The van der Waals surface area contributed by atoms with E-state index in [9.17, 15) is 9.18 Å². The molecule has 3 aromatic rings. The second-order valence-electron chi connectivity index (χ2n) is 5.50. The van der Waals surface area contributed by atoms with Gasteiger partial charge in [0.15, 0.2) is 5.78 Å². The van der Waals surface area contributed by atoms with Crippen molar-refractivity contribution in [3.05, 3.63) is 71.8 Å². The Morgan fingerprint density at radius 2 is 1.96 bits per heavy atom. The third kappa shape index (κ3) is 3.20. The van der Waals surface area contributed by atoms with Crippen molar-refractivity contribution in [2.75, 3.05) is 0 Å². The van der Waals surface area contributed by atoms with Crippen LogP contribution in [0.3, 0.4) is 0 Å². The van der Waals surface area contributed by atoms with E-state index in [1.807, 2.05) is 24.3 Å².